The molecule has 2 aliphatic carbocycles. The lowest BCUT2D eigenvalue weighted by molar-refractivity contribution is -0.00923. The largest absolute Gasteiger partial charge is 0.497 e. The molecule has 0 bridgehead atoms. The van der Waals surface area contributed by atoms with Crippen molar-refractivity contribution in [3.8, 4) is 5.75 Å². The van der Waals surface area contributed by atoms with Gasteiger partial charge in [-0.1, -0.05) is 12.1 Å². The Morgan fingerprint density at radius 2 is 1.65 bits per heavy atom. The minimum Gasteiger partial charge on any atom is -0.497 e. The molecule has 1 aromatic rings. The van der Waals surface area contributed by atoms with E-state index >= 15 is 0 Å². The van der Waals surface area contributed by atoms with Crippen molar-refractivity contribution >= 4 is 7.12 Å². The fraction of sp³-hybridized carbons (Fsp3) is 0.684. The van der Waals surface area contributed by atoms with Crippen molar-refractivity contribution in [1.29, 1.82) is 0 Å². The van der Waals surface area contributed by atoms with E-state index in [0.717, 1.165) is 5.75 Å². The molecule has 4 heteroatoms. The summed E-state index contributed by atoms with van der Waals surface area (Å²) in [4.78, 5) is 0. The van der Waals surface area contributed by atoms with Crippen LogP contribution in [0, 0.1) is 5.92 Å². The van der Waals surface area contributed by atoms with Crippen molar-refractivity contribution in [2.24, 2.45) is 5.92 Å². The molecule has 0 N–H and O–H groups in total. The van der Waals surface area contributed by atoms with Crippen LogP contribution in [0.5, 0.6) is 5.75 Å². The second kappa shape index (κ2) is 4.76. The van der Waals surface area contributed by atoms with Crippen LogP contribution in [0.1, 0.15) is 52.5 Å². The van der Waals surface area contributed by atoms with Crippen LogP contribution in [0.2, 0.25) is 5.82 Å². The molecule has 3 fully saturated rings. The molecule has 2 saturated carbocycles. The number of benzene rings is 1. The highest BCUT2D eigenvalue weighted by Crippen LogP contribution is 2.69. The predicted molar refractivity (Wildman–Crippen MR) is 91.8 cm³/mol. The number of rotatable bonds is 3. The molecule has 0 spiro atoms. The summed E-state index contributed by atoms with van der Waals surface area (Å²) < 4.78 is 17.9. The summed E-state index contributed by atoms with van der Waals surface area (Å²) in [5, 5.41) is 0. The van der Waals surface area contributed by atoms with Gasteiger partial charge in [0.1, 0.15) is 5.75 Å². The zero-order valence-electron chi connectivity index (χ0n) is 14.9. The Bertz CT molecular complexity index is 594. The van der Waals surface area contributed by atoms with Gasteiger partial charge in [0.25, 0.3) is 0 Å². The smallest absolute Gasteiger partial charge is 0.461 e. The fourth-order valence-electron chi connectivity index (χ4n) is 4.69. The van der Waals surface area contributed by atoms with Crippen LogP contribution < -0.4 is 4.74 Å². The van der Waals surface area contributed by atoms with Crippen molar-refractivity contribution in [3.05, 3.63) is 29.8 Å². The summed E-state index contributed by atoms with van der Waals surface area (Å²) >= 11 is 0. The number of fused-ring (bicyclic) bond motifs is 1. The van der Waals surface area contributed by atoms with Crippen LogP contribution in [0.4, 0.5) is 0 Å². The minimum atomic E-state index is -0.222. The number of hydrogen-bond acceptors (Lipinski definition) is 3. The van der Waals surface area contributed by atoms with Gasteiger partial charge < -0.3 is 14.0 Å². The quantitative estimate of drug-likeness (QED) is 0.782. The molecule has 3 nitrogen and oxygen atoms in total. The van der Waals surface area contributed by atoms with Crippen LogP contribution >= 0.6 is 0 Å². The van der Waals surface area contributed by atoms with E-state index in [1.807, 2.05) is 0 Å². The van der Waals surface area contributed by atoms with E-state index in [-0.39, 0.29) is 18.3 Å². The van der Waals surface area contributed by atoms with Gasteiger partial charge in [0.2, 0.25) is 0 Å². The summed E-state index contributed by atoms with van der Waals surface area (Å²) in [6.07, 6.45) is 3.77. The summed E-state index contributed by atoms with van der Waals surface area (Å²) in [6.45, 7) is 8.57. The molecule has 0 amide bonds. The first-order valence-electron chi connectivity index (χ1n) is 8.79. The molecule has 23 heavy (non-hydrogen) atoms. The van der Waals surface area contributed by atoms with E-state index < -0.39 is 0 Å². The summed E-state index contributed by atoms with van der Waals surface area (Å²) in [6, 6.07) is 8.65. The van der Waals surface area contributed by atoms with E-state index in [1.165, 1.54) is 24.8 Å². The highest BCUT2D eigenvalue weighted by molar-refractivity contribution is 6.48. The highest BCUT2D eigenvalue weighted by Gasteiger charge is 2.67. The molecule has 3 unspecified atom stereocenters. The minimum absolute atomic E-state index is 0.0447. The molecule has 3 atom stereocenters. The maximum absolute atomic E-state index is 6.30. The lowest BCUT2D eigenvalue weighted by Crippen LogP contribution is -2.60. The Morgan fingerprint density at radius 1 is 1.04 bits per heavy atom. The standard InChI is InChI=1S/C19H27BO3/c1-17(2)18(3,4)23-20(22-17)16-12-19(11-10-15(16)19)13-6-8-14(21-5)9-7-13/h6-9,15-16H,10-12H2,1-5H3. The normalized spacial score (nSPS) is 36.8. The average Bonchev–Trinajstić information content (AvgIpc) is 2.70. The molecular formula is C19H27BO3. The maximum atomic E-state index is 6.30. The van der Waals surface area contributed by atoms with Crippen LogP contribution in [0.15, 0.2) is 24.3 Å². The summed E-state index contributed by atoms with van der Waals surface area (Å²) in [5.74, 6) is 2.17. The highest BCUT2D eigenvalue weighted by atomic mass is 16.7. The second-order valence-electron chi connectivity index (χ2n) is 8.52. The molecule has 124 valence electrons. The van der Waals surface area contributed by atoms with E-state index in [0.29, 0.717) is 17.2 Å². The molecule has 1 saturated heterocycles. The second-order valence-corrected chi connectivity index (χ2v) is 8.52. The van der Waals surface area contributed by atoms with Crippen molar-refractivity contribution < 1.29 is 14.0 Å². The van der Waals surface area contributed by atoms with Crippen molar-refractivity contribution in [3.63, 3.8) is 0 Å². The van der Waals surface area contributed by atoms with Crippen molar-refractivity contribution in [1.82, 2.24) is 0 Å². The van der Waals surface area contributed by atoms with E-state index in [1.54, 1.807) is 7.11 Å². The lowest BCUT2D eigenvalue weighted by atomic mass is 9.33. The Hall–Kier alpha value is -0.995. The SMILES string of the molecule is COc1ccc(C23CCC2C(B2OC(C)(C)C(C)(C)O2)C3)cc1. The van der Waals surface area contributed by atoms with E-state index in [4.69, 9.17) is 14.0 Å². The van der Waals surface area contributed by atoms with Gasteiger partial charge in [-0.05, 0) is 81.8 Å². The van der Waals surface area contributed by atoms with Gasteiger partial charge in [-0.25, -0.2) is 0 Å². The van der Waals surface area contributed by atoms with Crippen LogP contribution in [-0.2, 0) is 14.7 Å². The van der Waals surface area contributed by atoms with E-state index in [9.17, 15) is 0 Å². The third-order valence-corrected chi connectivity index (χ3v) is 7.01. The predicted octanol–water partition coefficient (Wildman–Crippen LogP) is 4.21. The Balaban J connectivity index is 1.50. The van der Waals surface area contributed by atoms with Crippen molar-refractivity contribution in [2.45, 2.75) is 69.4 Å². The molecule has 1 aliphatic heterocycles. The molecule has 1 aromatic carbocycles. The third kappa shape index (κ3) is 2.04. The fourth-order valence-corrected chi connectivity index (χ4v) is 4.69. The average molecular weight is 314 g/mol. The zero-order valence-corrected chi connectivity index (χ0v) is 14.9. The Kier molecular flexibility index (Phi) is 3.22. The van der Waals surface area contributed by atoms with Crippen LogP contribution in [0.3, 0.4) is 0 Å². The van der Waals surface area contributed by atoms with Gasteiger partial charge in [-0.3, -0.25) is 0 Å². The molecule has 3 aliphatic rings. The number of ether oxygens (including phenoxy) is 1. The number of methoxy groups -OCH3 is 1. The van der Waals surface area contributed by atoms with Crippen molar-refractivity contribution in [2.75, 3.05) is 7.11 Å². The lowest BCUT2D eigenvalue weighted by Gasteiger charge is -2.64. The van der Waals surface area contributed by atoms with Gasteiger partial charge in [0, 0.05) is 0 Å². The van der Waals surface area contributed by atoms with Crippen LogP contribution in [0.25, 0.3) is 0 Å². The first-order chi connectivity index (χ1) is 10.8. The summed E-state index contributed by atoms with van der Waals surface area (Å²) in [7, 11) is 1.67. The molecule has 4 rings (SSSR count). The van der Waals surface area contributed by atoms with E-state index in [2.05, 4.69) is 52.0 Å². The molecule has 1 heterocycles. The van der Waals surface area contributed by atoms with Gasteiger partial charge >= 0.3 is 7.12 Å². The first-order valence-corrected chi connectivity index (χ1v) is 8.79. The number of hydrogen-bond donors (Lipinski definition) is 0. The first kappa shape index (κ1) is 15.5. The molecule has 0 aromatic heterocycles. The topological polar surface area (TPSA) is 27.7 Å². The summed E-state index contributed by atoms with van der Waals surface area (Å²) in [5.41, 5.74) is 1.38. The Labute approximate surface area is 139 Å². The van der Waals surface area contributed by atoms with Gasteiger partial charge in [-0.2, -0.15) is 0 Å². The Morgan fingerprint density at radius 3 is 2.09 bits per heavy atom. The van der Waals surface area contributed by atoms with Gasteiger partial charge in [-0.15, -0.1) is 0 Å². The zero-order chi connectivity index (χ0) is 16.5. The third-order valence-electron chi connectivity index (χ3n) is 7.01. The van der Waals surface area contributed by atoms with Crippen LogP contribution in [-0.4, -0.2) is 25.4 Å². The molecule has 0 radical (unpaired) electrons. The monoisotopic (exact) mass is 314 g/mol. The maximum Gasteiger partial charge on any atom is 0.461 e. The van der Waals surface area contributed by atoms with Gasteiger partial charge in [0.05, 0.1) is 18.3 Å². The molecular weight excluding hydrogens is 287 g/mol. The van der Waals surface area contributed by atoms with Gasteiger partial charge in [0.15, 0.2) is 0 Å².